The number of aromatic nitrogens is 3. The number of aliphatic carboxylic acids is 4. The first-order valence-electron chi connectivity index (χ1n) is 34.8. The first-order valence-corrected chi connectivity index (χ1v) is 34.9. The van der Waals surface area contributed by atoms with E-state index in [1.165, 1.54) is 18.3 Å². The van der Waals surface area contributed by atoms with Gasteiger partial charge >= 0.3 is 23.9 Å². The Balaban J connectivity index is 0. The number of carboxylic acid groups (broad SMARTS) is 4. The molecule has 1 aliphatic rings. The molecule has 592 valence electrons. The van der Waals surface area contributed by atoms with Crippen molar-refractivity contribution in [2.24, 2.45) is 12.8 Å². The van der Waals surface area contributed by atoms with Gasteiger partial charge in [0.15, 0.2) is 5.95 Å². The number of aryl methyl sites for hydroxylation is 3. The number of benzene rings is 2. The maximum Gasteiger partial charge on any atom is 0.323 e. The Hall–Kier alpha value is -8.40. The Morgan fingerprint density at radius 2 is 1.28 bits per heavy atom. The molecule has 33 nitrogen and oxygen atoms in total. The van der Waals surface area contributed by atoms with Crippen molar-refractivity contribution in [1.29, 1.82) is 1.45 Å². The van der Waals surface area contributed by atoms with Crippen molar-refractivity contribution in [2.45, 2.75) is 103 Å². The van der Waals surface area contributed by atoms with Crippen LogP contribution >= 0.6 is 0 Å². The second-order valence-corrected chi connectivity index (χ2v) is 25.1. The van der Waals surface area contributed by atoms with Crippen LogP contribution in [0.3, 0.4) is 0 Å². The van der Waals surface area contributed by atoms with Gasteiger partial charge in [0.05, 0.1) is 70.8 Å². The minimum absolute atomic E-state index is 0. The summed E-state index contributed by atoms with van der Waals surface area (Å²) in [5.74, 6) is -5.28. The van der Waals surface area contributed by atoms with Gasteiger partial charge in [-0.25, -0.2) is 13.4 Å². The number of methoxy groups -OCH3 is 1. The number of halogens is 3. The smallest absolute Gasteiger partial charge is 0.323 e. The number of nitrogens with two attached hydrogens (primary N) is 1. The molecule has 4 amide bonds. The highest BCUT2D eigenvalue weighted by molar-refractivity contribution is 7.89. The third kappa shape index (κ3) is 37.9. The van der Waals surface area contributed by atoms with E-state index in [1.807, 2.05) is 11.8 Å². The molecule has 37 heteroatoms. The van der Waals surface area contributed by atoms with Crippen molar-refractivity contribution in [3.05, 3.63) is 81.4 Å². The highest BCUT2D eigenvalue weighted by Gasteiger charge is 2.30. The second-order valence-electron chi connectivity index (χ2n) is 23.4. The zero-order valence-electron chi connectivity index (χ0n) is 62.9. The Labute approximate surface area is 610 Å². The number of ether oxygens (including phenoxy) is 4. The molecule has 1 fully saturated rings. The molecule has 0 saturated carbocycles. The van der Waals surface area contributed by atoms with Crippen LogP contribution in [0.2, 0.25) is 0 Å². The molecule has 3 heterocycles. The Bertz CT molecular complexity index is 3340. The van der Waals surface area contributed by atoms with E-state index in [9.17, 15) is 80.8 Å². The zero-order chi connectivity index (χ0) is 80.0. The molecule has 0 spiro atoms. The molecule has 1 aliphatic heterocycles. The van der Waals surface area contributed by atoms with Crippen LogP contribution in [0.5, 0.6) is 5.75 Å². The zero-order valence-corrected chi connectivity index (χ0v) is 60.7. The maximum atomic E-state index is 13.5. The van der Waals surface area contributed by atoms with E-state index in [0.29, 0.717) is 167 Å². The number of carbonyl (C=O) groups excluding carboxylic acids is 4. The number of anilines is 1. The van der Waals surface area contributed by atoms with Crippen molar-refractivity contribution < 1.29 is 103 Å². The fraction of sp³-hybridized carbons (Fsp3) is 0.612. The monoisotopic (exact) mass is 1510 g/mol. The largest absolute Gasteiger partial charge is 0.494 e. The predicted molar refractivity (Wildman–Crippen MR) is 388 cm³/mol. The summed E-state index contributed by atoms with van der Waals surface area (Å²) in [4.78, 5) is 125. The van der Waals surface area contributed by atoms with Crippen LogP contribution in [-0.2, 0) is 71.4 Å². The molecule has 13 N–H and O–H groups in total. The van der Waals surface area contributed by atoms with Crippen molar-refractivity contribution in [2.75, 3.05) is 171 Å². The highest BCUT2D eigenvalue weighted by Crippen LogP contribution is 2.26. The molecule has 2 aromatic carbocycles. The predicted octanol–water partition coefficient (Wildman–Crippen LogP) is 2.19. The number of rotatable bonds is 42. The van der Waals surface area contributed by atoms with E-state index < -0.39 is 63.9 Å². The number of alkyl halides is 2. The van der Waals surface area contributed by atoms with Crippen LogP contribution in [0.15, 0.2) is 58.6 Å². The summed E-state index contributed by atoms with van der Waals surface area (Å²) in [7, 11) is -0.134. The van der Waals surface area contributed by atoms with E-state index in [2.05, 4.69) is 42.7 Å². The molecular weight excluding hydrogens is 1390 g/mol. The minimum atomic E-state index is -4.40. The van der Waals surface area contributed by atoms with Crippen LogP contribution in [0.25, 0.3) is 10.9 Å². The maximum absolute atomic E-state index is 13.5. The van der Waals surface area contributed by atoms with Gasteiger partial charge in [0, 0.05) is 146 Å². The summed E-state index contributed by atoms with van der Waals surface area (Å²) in [6.45, 7) is 10.7. The number of imidazole rings is 1. The van der Waals surface area contributed by atoms with E-state index >= 15 is 0 Å². The van der Waals surface area contributed by atoms with E-state index in [0.717, 1.165) is 12.0 Å². The van der Waals surface area contributed by atoms with Gasteiger partial charge in [0.25, 0.3) is 7.36 Å². The number of hydrogen-bond donors (Lipinski definition) is 12. The number of nitrogens with one attached hydrogen (secondary N) is 7. The van der Waals surface area contributed by atoms with Gasteiger partial charge < -0.3 is 81.2 Å². The molecule has 0 bridgehead atoms. The first-order chi connectivity index (χ1) is 50.8. The standard InChI is InChI=1S/C36H47N7O10S.C28H53N7O9.2CH3F.CH4.FH.H2/c1-23-17-26(53-14-5-7-31(44)37-10-6-13-52-16-15-51-4)18-24(2)33(23)54(49,50)42-29(35(47)48)21-40-34(46)28-22-43(3)30-19-25(8-9-27(30)32(28)45)20-41-36-38-11-12-39-36;1-2-17-44-18-5-8-30-28(43)23(6-3-4-7-29)31-24(36)19-32-9-11-33(20-25(37)38)13-15-35(22-27(41)42)16-14-34(12-10-32)21-26(39)40;2*1-2;;;/h8-9,11-12,17-19,22,29,42H,5-7,10,13-16,20-21H2,1-4H3,(H,37,44)(H,40,46)(H,47,48)(H2,38,39,41);23H,2-22,29H2,1H3,(H,30,43)(H,31,36)(H,37,38)(H,39,40)(H,41,42);2*1H3;1H4;2*1H/t;23-;;;;;/m.1...../s1/i;;;;;;1+2T/hT. The van der Waals surface area contributed by atoms with Gasteiger partial charge in [-0.3, -0.25) is 76.2 Å². The number of aromatic amines is 1. The molecule has 4 aromatic rings. The number of nitrogens with zero attached hydrogens (tertiary/aromatic N) is 6. The fourth-order valence-corrected chi connectivity index (χ4v) is 12.0. The molecule has 104 heavy (non-hydrogen) atoms. The molecule has 0 aliphatic carbocycles. The van der Waals surface area contributed by atoms with Crippen LogP contribution < -0.4 is 47.2 Å². The van der Waals surface area contributed by atoms with Gasteiger partial charge in [-0.15, -0.1) is 0 Å². The Kier molecular flexibility index (Phi) is 47.8. The van der Waals surface area contributed by atoms with Gasteiger partial charge in [-0.05, 0) is 106 Å². The summed E-state index contributed by atoms with van der Waals surface area (Å²) >= 11 is 0. The topological polar surface area (TPSA) is 450 Å². The number of sulfonamides is 1. The number of hydrogen-bond acceptors (Lipinski definition) is 22. The number of pyridine rings is 1. The summed E-state index contributed by atoms with van der Waals surface area (Å²) in [5, 5.41) is 52.3. The second kappa shape index (κ2) is 54.3. The highest BCUT2D eigenvalue weighted by atomic mass is 32.2. The molecular formula is C67H113F3N14O19S. The number of fused-ring (bicyclic) bond motifs is 1. The van der Waals surface area contributed by atoms with Crippen molar-refractivity contribution >= 4 is 74.4 Å². The first kappa shape index (κ1) is 91.7. The lowest BCUT2D eigenvalue weighted by molar-refractivity contribution is -0.140. The SMILES string of the molecule is C.CCCOCCCNC(=O)[C@@H](CCCCN)NC(=O)CN1CCN(CC(=O)O)CCN(CC(=O)O)CCN(CC(=O)O)CC1.CF.CF.COCCOCCCNC(=O)CCCOc1cc(C)c(S(=O)(=O)NC(CNC(=O)c2cn(C)c3cc(CNc4ncc[nH]4)ccc3c2=O)C(=O)O)c(C)c1.[3H]F.[3H][3H]. The number of amides is 4. The third-order valence-corrected chi connectivity index (χ3v) is 17.1. The lowest BCUT2D eigenvalue weighted by Crippen LogP contribution is -2.52. The molecule has 1 saturated heterocycles. The summed E-state index contributed by atoms with van der Waals surface area (Å²) in [6, 6.07) is 5.68. The summed E-state index contributed by atoms with van der Waals surface area (Å²) in [5.41, 5.74) is 6.86. The fourth-order valence-electron chi connectivity index (χ4n) is 10.4. The lowest BCUT2D eigenvalue weighted by atomic mass is 10.1. The van der Waals surface area contributed by atoms with Crippen LogP contribution in [0.4, 0.5) is 19.4 Å². The van der Waals surface area contributed by atoms with Crippen molar-refractivity contribution in [1.82, 2.24) is 60.1 Å². The van der Waals surface area contributed by atoms with Gasteiger partial charge in [-0.1, -0.05) is 20.4 Å². The minimum Gasteiger partial charge on any atom is -0.494 e. The van der Waals surface area contributed by atoms with Crippen molar-refractivity contribution in [3.63, 3.8) is 0 Å². The van der Waals surface area contributed by atoms with Crippen LogP contribution in [0.1, 0.15) is 95.7 Å². The number of carbonyl (C=O) groups is 8. The quantitative estimate of drug-likeness (QED) is 0.0283. The number of unbranched alkanes of at least 4 members (excludes halogenated alkanes) is 1. The van der Waals surface area contributed by atoms with Crippen LogP contribution in [0, 0.1) is 13.8 Å². The third-order valence-electron chi connectivity index (χ3n) is 15.3. The van der Waals surface area contributed by atoms with E-state index in [4.69, 9.17) is 32.4 Å². The van der Waals surface area contributed by atoms with Gasteiger partial charge in [0.2, 0.25) is 33.2 Å². The van der Waals surface area contributed by atoms with E-state index in [1.54, 1.807) is 77.9 Å². The van der Waals surface area contributed by atoms with Gasteiger partial charge in [-0.2, -0.15) is 4.72 Å². The van der Waals surface area contributed by atoms with Crippen molar-refractivity contribution in [3.8, 4) is 5.75 Å². The average molecular weight is 1510 g/mol. The Morgan fingerprint density at radius 1 is 0.731 bits per heavy atom. The normalized spacial score (nSPS) is 13.8. The lowest BCUT2D eigenvalue weighted by Gasteiger charge is -2.33. The van der Waals surface area contributed by atoms with Crippen LogP contribution in [-0.4, -0.2) is 290 Å². The molecule has 2 aromatic heterocycles. The van der Waals surface area contributed by atoms with E-state index in [-0.39, 0.29) is 106 Å². The average Bonchev–Trinajstić information content (AvgIpc) is 1.08. The molecule has 1 unspecified atom stereocenters. The summed E-state index contributed by atoms with van der Waals surface area (Å²) < 4.78 is 94.2. The summed E-state index contributed by atoms with van der Waals surface area (Å²) in [6.07, 6.45) is 9.35. The molecule has 0 radical (unpaired) electrons. The Morgan fingerprint density at radius 3 is 1.79 bits per heavy atom. The number of carboxylic acids is 4. The molecule has 2 atom stereocenters. The molecule has 5 rings (SSSR count). The number of H-pyrrole nitrogens is 1. The van der Waals surface area contributed by atoms with Gasteiger partial charge in [0.1, 0.15) is 23.4 Å².